The van der Waals surface area contributed by atoms with Crippen molar-refractivity contribution in [2.45, 2.75) is 13.3 Å². The summed E-state index contributed by atoms with van der Waals surface area (Å²) in [6.45, 7) is 1.24. The van der Waals surface area contributed by atoms with E-state index in [1.165, 1.54) is 6.92 Å². The molecule has 0 atom stereocenters. The zero-order valence-electron chi connectivity index (χ0n) is 5.47. The monoisotopic (exact) mass is 207 g/mol. The van der Waals surface area contributed by atoms with Crippen LogP contribution in [-0.4, -0.2) is 16.9 Å². The van der Waals surface area contributed by atoms with Crippen LogP contribution in [0.4, 0.5) is 0 Å². The third-order valence-electron chi connectivity index (χ3n) is 0.400. The molecule has 0 saturated heterocycles. The predicted molar refractivity (Wildman–Crippen MR) is 29.3 cm³/mol. The van der Waals surface area contributed by atoms with Crippen LogP contribution >= 0.6 is 0 Å². The van der Waals surface area contributed by atoms with Gasteiger partial charge in [0.25, 0.3) is 0 Å². The summed E-state index contributed by atoms with van der Waals surface area (Å²) in [5.74, 6) is -1.37. The van der Waals surface area contributed by atoms with E-state index in [0.717, 1.165) is 0 Å². The smallest absolute Gasteiger partial charge is 0.310 e. The summed E-state index contributed by atoms with van der Waals surface area (Å²) in [7, 11) is 0. The fourth-order valence-electron chi connectivity index (χ4n) is 0.213. The zero-order valence-corrected chi connectivity index (χ0v) is 7.93. The summed E-state index contributed by atoms with van der Waals surface area (Å²) in [6, 6.07) is 0. The fraction of sp³-hybridized carbons (Fsp3) is 0.400. The minimum atomic E-state index is -1.06. The van der Waals surface area contributed by atoms with Crippen molar-refractivity contribution in [3.05, 3.63) is 7.43 Å². The SMILES string of the molecule is CC(=O)CC(=O)O.[CH3-].[Zr]. The van der Waals surface area contributed by atoms with Crippen molar-refractivity contribution in [3.8, 4) is 0 Å². The number of hydrogen-bond acceptors (Lipinski definition) is 2. The van der Waals surface area contributed by atoms with Gasteiger partial charge in [0.05, 0.1) is 0 Å². The van der Waals surface area contributed by atoms with Crippen LogP contribution in [-0.2, 0) is 35.8 Å². The van der Waals surface area contributed by atoms with Crippen molar-refractivity contribution in [1.29, 1.82) is 0 Å². The Bertz CT molecular complexity index is 88.4. The van der Waals surface area contributed by atoms with Crippen LogP contribution in [0, 0.1) is 7.43 Å². The van der Waals surface area contributed by atoms with Gasteiger partial charge in [-0.2, -0.15) is 0 Å². The molecule has 0 unspecified atom stereocenters. The van der Waals surface area contributed by atoms with Crippen molar-refractivity contribution in [3.63, 3.8) is 0 Å². The molecule has 0 aromatic carbocycles. The first-order valence-corrected chi connectivity index (χ1v) is 1.84. The second-order valence-electron chi connectivity index (χ2n) is 1.27. The van der Waals surface area contributed by atoms with E-state index in [1.807, 2.05) is 0 Å². The molecule has 0 radical (unpaired) electrons. The Morgan fingerprint density at radius 2 is 1.78 bits per heavy atom. The van der Waals surface area contributed by atoms with E-state index in [2.05, 4.69) is 0 Å². The van der Waals surface area contributed by atoms with E-state index in [9.17, 15) is 9.59 Å². The van der Waals surface area contributed by atoms with Crippen LogP contribution in [0.3, 0.4) is 0 Å². The number of aliphatic carboxylic acids is 1. The second kappa shape index (κ2) is 8.02. The Labute approximate surface area is 73.6 Å². The van der Waals surface area contributed by atoms with Crippen LogP contribution in [0.15, 0.2) is 0 Å². The Hall–Kier alpha value is 0.0231. The minimum Gasteiger partial charge on any atom is -0.481 e. The van der Waals surface area contributed by atoms with Gasteiger partial charge in [-0.05, 0) is 6.92 Å². The Morgan fingerprint density at radius 3 is 1.78 bits per heavy atom. The minimum absolute atomic E-state index is 0. The number of rotatable bonds is 2. The average molecular weight is 208 g/mol. The number of carbonyl (C=O) groups is 2. The molecule has 3 nitrogen and oxygen atoms in total. The van der Waals surface area contributed by atoms with Gasteiger partial charge in [0.1, 0.15) is 12.2 Å². The largest absolute Gasteiger partial charge is 0.481 e. The van der Waals surface area contributed by atoms with Gasteiger partial charge in [-0.1, -0.05) is 0 Å². The molecule has 4 heteroatoms. The maximum absolute atomic E-state index is 9.87. The van der Waals surface area contributed by atoms with Crippen molar-refractivity contribution >= 4 is 11.8 Å². The van der Waals surface area contributed by atoms with Gasteiger partial charge in [-0.15, -0.1) is 0 Å². The molecule has 0 rings (SSSR count). The topological polar surface area (TPSA) is 54.4 Å². The van der Waals surface area contributed by atoms with Gasteiger partial charge < -0.3 is 12.5 Å². The normalized spacial score (nSPS) is 6.33. The van der Waals surface area contributed by atoms with Gasteiger partial charge >= 0.3 is 5.97 Å². The Morgan fingerprint density at radius 1 is 1.44 bits per heavy atom. The van der Waals surface area contributed by atoms with Crippen LogP contribution in [0.1, 0.15) is 13.3 Å². The molecular weight excluding hydrogens is 199 g/mol. The third-order valence-corrected chi connectivity index (χ3v) is 0.400. The first-order valence-electron chi connectivity index (χ1n) is 1.84. The van der Waals surface area contributed by atoms with Crippen LogP contribution in [0.2, 0.25) is 0 Å². The Balaban J connectivity index is -0.000000180. The van der Waals surface area contributed by atoms with Crippen molar-refractivity contribution < 1.29 is 40.9 Å². The standard InChI is InChI=1S/C4H6O3.CH3.Zr/c1-3(5)2-4(6)7;;/h2H2,1H3,(H,6,7);1H3;/q;-1;. The zero-order chi connectivity index (χ0) is 5.86. The fourth-order valence-corrected chi connectivity index (χ4v) is 0.213. The molecule has 0 spiro atoms. The number of carbonyl (C=O) groups excluding carboxylic acids is 1. The molecule has 52 valence electrons. The predicted octanol–water partition coefficient (Wildman–Crippen LogP) is 0.498. The third kappa shape index (κ3) is 18.0. The molecule has 9 heavy (non-hydrogen) atoms. The number of carboxylic acids is 1. The molecule has 0 bridgehead atoms. The van der Waals surface area contributed by atoms with Gasteiger partial charge in [0.15, 0.2) is 0 Å². The molecule has 0 heterocycles. The van der Waals surface area contributed by atoms with Crippen molar-refractivity contribution in [2.75, 3.05) is 0 Å². The average Bonchev–Trinajstić information content (AvgIpc) is 1.27. The van der Waals surface area contributed by atoms with Crippen LogP contribution < -0.4 is 0 Å². The van der Waals surface area contributed by atoms with E-state index >= 15 is 0 Å². The summed E-state index contributed by atoms with van der Waals surface area (Å²) >= 11 is 0. The molecule has 0 saturated carbocycles. The molecule has 0 aliphatic carbocycles. The number of hydrogen-bond donors (Lipinski definition) is 1. The maximum atomic E-state index is 9.87. The van der Waals surface area contributed by atoms with Gasteiger partial charge in [-0.3, -0.25) is 9.59 Å². The summed E-state index contributed by atoms with van der Waals surface area (Å²) in [4.78, 5) is 19.5. The molecule has 0 fully saturated rings. The second-order valence-corrected chi connectivity index (χ2v) is 1.27. The van der Waals surface area contributed by atoms with Crippen LogP contribution in [0.25, 0.3) is 0 Å². The summed E-state index contributed by atoms with van der Waals surface area (Å²) in [5.41, 5.74) is 0. The van der Waals surface area contributed by atoms with Crippen LogP contribution in [0.5, 0.6) is 0 Å². The molecule has 0 aromatic rings. The van der Waals surface area contributed by atoms with E-state index in [1.54, 1.807) is 0 Å². The summed E-state index contributed by atoms with van der Waals surface area (Å²) in [5, 5.41) is 7.86. The van der Waals surface area contributed by atoms with Gasteiger partial charge in [-0.25, -0.2) is 0 Å². The first-order chi connectivity index (χ1) is 3.13. The molecule has 0 aliphatic rings. The van der Waals surface area contributed by atoms with Crippen molar-refractivity contribution in [2.24, 2.45) is 0 Å². The molecular formula is C5H9O3Zr-. The quantitative estimate of drug-likeness (QED) is 0.531. The van der Waals surface area contributed by atoms with Gasteiger partial charge in [0.2, 0.25) is 0 Å². The molecule has 0 amide bonds. The summed E-state index contributed by atoms with van der Waals surface area (Å²) in [6.07, 6.45) is -0.361. The number of carboxylic acid groups (broad SMARTS) is 1. The summed E-state index contributed by atoms with van der Waals surface area (Å²) < 4.78 is 0. The molecule has 1 N–H and O–H groups in total. The molecule has 0 aromatic heterocycles. The molecule has 0 aliphatic heterocycles. The Kier molecular flexibility index (Phi) is 14.3. The van der Waals surface area contributed by atoms with E-state index in [0.29, 0.717) is 0 Å². The van der Waals surface area contributed by atoms with E-state index in [-0.39, 0.29) is 45.8 Å². The van der Waals surface area contributed by atoms with E-state index < -0.39 is 5.97 Å². The number of Topliss-reactive ketones (excluding diaryl/α,β-unsaturated/α-hetero) is 1. The number of ketones is 1. The van der Waals surface area contributed by atoms with Crippen molar-refractivity contribution in [1.82, 2.24) is 0 Å². The maximum Gasteiger partial charge on any atom is 0.310 e. The van der Waals surface area contributed by atoms with Gasteiger partial charge in [0, 0.05) is 26.2 Å². The van der Waals surface area contributed by atoms with E-state index in [4.69, 9.17) is 5.11 Å². The first kappa shape index (κ1) is 16.0.